The van der Waals surface area contributed by atoms with Crippen molar-refractivity contribution in [1.29, 1.82) is 0 Å². The maximum absolute atomic E-state index is 12.9. The Kier molecular flexibility index (Phi) is 6.93. The molecule has 1 aromatic carbocycles. The third-order valence-electron chi connectivity index (χ3n) is 4.85. The minimum atomic E-state index is -3.21. The number of anilines is 1. The molecule has 2 heterocycles. The van der Waals surface area contributed by atoms with Gasteiger partial charge in [0.25, 0.3) is 5.56 Å². The van der Waals surface area contributed by atoms with Gasteiger partial charge in [0, 0.05) is 47.1 Å². The zero-order valence-corrected chi connectivity index (χ0v) is 18.8. The molecule has 156 valence electrons. The van der Waals surface area contributed by atoms with E-state index in [2.05, 4.69) is 15.3 Å². The predicted molar refractivity (Wildman–Crippen MR) is 120 cm³/mol. The van der Waals surface area contributed by atoms with Crippen LogP contribution in [-0.2, 0) is 16.9 Å². The third kappa shape index (κ3) is 4.71. The highest BCUT2D eigenvalue weighted by molar-refractivity contribution is 7.91. The standard InChI is InChI=1S/C19H21ClN4O3S.ClH/c1-11(12(2)28(4,26)27)22-19-21-10-13-9-15(14-7-5-6-8-16(14)20)18(25)24(3)17(13)23-19;/h5-12H,1-4H3,(H,21,22,23);1H. The first-order chi connectivity index (χ1) is 13.1. The lowest BCUT2D eigenvalue weighted by molar-refractivity contribution is 0.579. The molecular weight excluding hydrogens is 435 g/mol. The van der Waals surface area contributed by atoms with E-state index in [1.807, 2.05) is 6.07 Å². The molecule has 2 unspecified atom stereocenters. The SMILES string of the molecule is CC(Nc1ncc2cc(-c3ccccc3Cl)c(=O)n(C)c2n1)C(C)S(C)(=O)=O.Cl. The number of hydrogen-bond acceptors (Lipinski definition) is 6. The number of aryl methyl sites for hydroxylation is 1. The van der Waals surface area contributed by atoms with Crippen molar-refractivity contribution < 1.29 is 8.42 Å². The summed E-state index contributed by atoms with van der Waals surface area (Å²) in [7, 11) is -1.58. The molecule has 7 nitrogen and oxygen atoms in total. The van der Waals surface area contributed by atoms with E-state index in [-0.39, 0.29) is 23.9 Å². The molecule has 0 aliphatic heterocycles. The van der Waals surface area contributed by atoms with Crippen LogP contribution >= 0.6 is 24.0 Å². The maximum Gasteiger partial charge on any atom is 0.259 e. The summed E-state index contributed by atoms with van der Waals surface area (Å²) in [6.45, 7) is 3.37. The molecule has 2 aromatic heterocycles. The fraction of sp³-hybridized carbons (Fsp3) is 0.316. The zero-order valence-electron chi connectivity index (χ0n) is 16.4. The highest BCUT2D eigenvalue weighted by Crippen LogP contribution is 2.27. The number of fused-ring (bicyclic) bond motifs is 1. The van der Waals surface area contributed by atoms with Crippen LogP contribution in [-0.4, -0.2) is 40.5 Å². The van der Waals surface area contributed by atoms with Crippen molar-refractivity contribution >= 4 is 50.8 Å². The van der Waals surface area contributed by atoms with Gasteiger partial charge >= 0.3 is 0 Å². The maximum atomic E-state index is 12.9. The number of sulfone groups is 1. The summed E-state index contributed by atoms with van der Waals surface area (Å²) < 4.78 is 24.9. The van der Waals surface area contributed by atoms with E-state index in [1.54, 1.807) is 51.4 Å². The van der Waals surface area contributed by atoms with Crippen LogP contribution in [0.1, 0.15) is 13.8 Å². The van der Waals surface area contributed by atoms with Crippen LogP contribution in [0.25, 0.3) is 22.2 Å². The average Bonchev–Trinajstić information content (AvgIpc) is 2.64. The lowest BCUT2D eigenvalue weighted by atomic mass is 10.1. The molecule has 3 rings (SSSR count). The molecule has 10 heteroatoms. The van der Waals surface area contributed by atoms with Gasteiger partial charge in [0.15, 0.2) is 9.84 Å². The van der Waals surface area contributed by atoms with Gasteiger partial charge in [-0.15, -0.1) is 12.4 Å². The van der Waals surface area contributed by atoms with Gasteiger partial charge in [-0.3, -0.25) is 9.36 Å². The molecule has 29 heavy (non-hydrogen) atoms. The molecule has 0 amide bonds. The lowest BCUT2D eigenvalue weighted by Crippen LogP contribution is -2.35. The third-order valence-corrected chi connectivity index (χ3v) is 6.94. The smallest absolute Gasteiger partial charge is 0.259 e. The predicted octanol–water partition coefficient (Wildman–Crippen LogP) is 3.30. The number of hydrogen-bond donors (Lipinski definition) is 1. The van der Waals surface area contributed by atoms with Crippen molar-refractivity contribution in [3.63, 3.8) is 0 Å². The number of rotatable bonds is 5. The number of halogens is 2. The first kappa shape index (κ1) is 23.1. The molecule has 0 bridgehead atoms. The Balaban J connectivity index is 0.00000300. The molecule has 0 aliphatic rings. The minimum absolute atomic E-state index is 0. The molecule has 0 saturated carbocycles. The summed E-state index contributed by atoms with van der Waals surface area (Å²) in [5, 5.41) is 3.55. The number of pyridine rings is 1. The van der Waals surface area contributed by atoms with Crippen LogP contribution in [0.3, 0.4) is 0 Å². The fourth-order valence-corrected chi connectivity index (χ4v) is 3.93. The Bertz CT molecular complexity index is 1210. The topological polar surface area (TPSA) is 93.9 Å². The van der Waals surface area contributed by atoms with Crippen LogP contribution in [0.5, 0.6) is 0 Å². The molecule has 0 spiro atoms. The van der Waals surface area contributed by atoms with Crippen molar-refractivity contribution in [3.05, 3.63) is 51.9 Å². The molecule has 0 fully saturated rings. The van der Waals surface area contributed by atoms with Crippen molar-refractivity contribution in [2.24, 2.45) is 7.05 Å². The van der Waals surface area contributed by atoms with Gasteiger partial charge in [0.1, 0.15) is 5.65 Å². The van der Waals surface area contributed by atoms with E-state index >= 15 is 0 Å². The molecule has 3 aromatic rings. The van der Waals surface area contributed by atoms with Gasteiger partial charge in [-0.2, -0.15) is 4.98 Å². The summed E-state index contributed by atoms with van der Waals surface area (Å²) in [6, 6.07) is 8.46. The number of aromatic nitrogens is 3. The zero-order chi connectivity index (χ0) is 20.6. The second-order valence-electron chi connectivity index (χ2n) is 6.84. The van der Waals surface area contributed by atoms with Crippen LogP contribution < -0.4 is 10.9 Å². The number of nitrogens with one attached hydrogen (secondary N) is 1. The van der Waals surface area contributed by atoms with Crippen molar-refractivity contribution in [2.75, 3.05) is 11.6 Å². The van der Waals surface area contributed by atoms with Gasteiger partial charge in [-0.1, -0.05) is 29.8 Å². The average molecular weight is 457 g/mol. The molecule has 0 aliphatic carbocycles. The number of nitrogens with zero attached hydrogens (tertiary/aromatic N) is 3. The second-order valence-corrected chi connectivity index (χ2v) is 9.65. The molecule has 0 saturated heterocycles. The van der Waals surface area contributed by atoms with Gasteiger partial charge in [-0.25, -0.2) is 13.4 Å². The first-order valence-corrected chi connectivity index (χ1v) is 11.0. The van der Waals surface area contributed by atoms with Crippen LogP contribution in [0.15, 0.2) is 41.3 Å². The number of benzene rings is 1. The first-order valence-electron chi connectivity index (χ1n) is 8.66. The van der Waals surface area contributed by atoms with Crippen LogP contribution in [0.4, 0.5) is 5.95 Å². The monoisotopic (exact) mass is 456 g/mol. The fourth-order valence-electron chi connectivity index (χ4n) is 2.88. The summed E-state index contributed by atoms with van der Waals surface area (Å²) in [4.78, 5) is 21.5. The van der Waals surface area contributed by atoms with Crippen LogP contribution in [0, 0.1) is 0 Å². The summed E-state index contributed by atoms with van der Waals surface area (Å²) >= 11 is 6.24. The molecule has 0 radical (unpaired) electrons. The van der Waals surface area contributed by atoms with Crippen LogP contribution in [0.2, 0.25) is 5.02 Å². The quantitative estimate of drug-likeness (QED) is 0.632. The molecular formula is C19H22Cl2N4O3S. The Morgan fingerprint density at radius 1 is 1.17 bits per heavy atom. The van der Waals surface area contributed by atoms with Crippen molar-refractivity contribution in [3.8, 4) is 11.1 Å². The molecule has 2 atom stereocenters. The molecule has 1 N–H and O–H groups in total. The van der Waals surface area contributed by atoms with E-state index in [1.165, 1.54) is 10.8 Å². The lowest BCUT2D eigenvalue weighted by Gasteiger charge is -2.20. The van der Waals surface area contributed by atoms with E-state index in [4.69, 9.17) is 11.6 Å². The van der Waals surface area contributed by atoms with Gasteiger partial charge < -0.3 is 5.32 Å². The van der Waals surface area contributed by atoms with E-state index in [0.29, 0.717) is 27.2 Å². The van der Waals surface area contributed by atoms with Gasteiger partial charge in [0.2, 0.25) is 5.95 Å². The van der Waals surface area contributed by atoms with E-state index in [0.717, 1.165) is 0 Å². The largest absolute Gasteiger partial charge is 0.350 e. The Morgan fingerprint density at radius 3 is 2.45 bits per heavy atom. The van der Waals surface area contributed by atoms with E-state index < -0.39 is 21.1 Å². The summed E-state index contributed by atoms with van der Waals surface area (Å²) in [5.74, 6) is 0.260. The summed E-state index contributed by atoms with van der Waals surface area (Å²) in [5.41, 5.74) is 1.31. The van der Waals surface area contributed by atoms with E-state index in [9.17, 15) is 13.2 Å². The second kappa shape index (κ2) is 8.69. The van der Waals surface area contributed by atoms with Crippen molar-refractivity contribution in [2.45, 2.75) is 25.1 Å². The summed E-state index contributed by atoms with van der Waals surface area (Å²) in [6.07, 6.45) is 2.79. The highest BCUT2D eigenvalue weighted by Gasteiger charge is 2.23. The van der Waals surface area contributed by atoms with Gasteiger partial charge in [-0.05, 0) is 26.0 Å². The Labute approximate surface area is 180 Å². The highest BCUT2D eigenvalue weighted by atomic mass is 35.5. The Hall–Kier alpha value is -2.16. The minimum Gasteiger partial charge on any atom is -0.350 e. The normalized spacial score (nSPS) is 13.6. The Morgan fingerprint density at radius 2 is 1.83 bits per heavy atom. The van der Waals surface area contributed by atoms with Crippen molar-refractivity contribution in [1.82, 2.24) is 14.5 Å². The van der Waals surface area contributed by atoms with Gasteiger partial charge in [0.05, 0.1) is 5.25 Å².